The van der Waals surface area contributed by atoms with Crippen molar-refractivity contribution >= 4 is 60.8 Å². The van der Waals surface area contributed by atoms with Crippen molar-refractivity contribution in [2.75, 3.05) is 49.5 Å². The highest BCUT2D eigenvalue weighted by Crippen LogP contribution is 2.46. The van der Waals surface area contributed by atoms with E-state index < -0.39 is 35.2 Å². The minimum absolute atomic E-state index is 0.0186. The number of carbonyl (C=O) groups is 1. The zero-order valence-electron chi connectivity index (χ0n) is 29.6. The molecule has 51 heavy (non-hydrogen) atoms. The number of H-pyrrole nitrogens is 1. The lowest BCUT2D eigenvalue weighted by atomic mass is 9.97. The van der Waals surface area contributed by atoms with Crippen LogP contribution in [0.3, 0.4) is 0 Å². The van der Waals surface area contributed by atoms with Gasteiger partial charge >= 0.3 is 11.8 Å². The van der Waals surface area contributed by atoms with Crippen molar-refractivity contribution in [3.05, 3.63) is 50.9 Å². The maximum Gasteiger partial charge on any atom is 0.412 e. The molecule has 4 aromatic rings. The fourth-order valence-corrected chi connectivity index (χ4v) is 8.31. The molecular formula is C36H43ClF3N7O3S. The third-order valence-corrected chi connectivity index (χ3v) is 10.5. The van der Waals surface area contributed by atoms with Crippen LogP contribution >= 0.6 is 22.9 Å². The molecule has 0 spiro atoms. The van der Waals surface area contributed by atoms with E-state index in [2.05, 4.69) is 32.4 Å². The van der Waals surface area contributed by atoms with Crippen LogP contribution in [0.4, 0.5) is 28.8 Å². The number of aromatic nitrogens is 2. The molecule has 3 aliphatic heterocycles. The first-order valence-corrected chi connectivity index (χ1v) is 18.3. The summed E-state index contributed by atoms with van der Waals surface area (Å²) < 4.78 is 49.3. The van der Waals surface area contributed by atoms with Crippen LogP contribution in [0.15, 0.2) is 23.0 Å². The molecular weight excluding hydrogens is 703 g/mol. The molecule has 2 atom stereocenters. The maximum absolute atomic E-state index is 16.2. The van der Waals surface area contributed by atoms with E-state index in [0.29, 0.717) is 43.9 Å². The number of rotatable bonds is 3. The lowest BCUT2D eigenvalue weighted by Gasteiger charge is -2.29. The predicted molar refractivity (Wildman–Crippen MR) is 198 cm³/mol. The monoisotopic (exact) mass is 745 g/mol. The van der Waals surface area contributed by atoms with E-state index in [1.54, 1.807) is 20.8 Å². The molecule has 274 valence electrons. The number of nitriles is 1. The van der Waals surface area contributed by atoms with Crippen LogP contribution in [0.25, 0.3) is 32.1 Å². The Kier molecular flexibility index (Phi) is 11.6. The molecule has 3 fully saturated rings. The number of nitrogens with zero attached hydrogens (tertiary/aromatic N) is 4. The lowest BCUT2D eigenvalue weighted by Crippen LogP contribution is -2.44. The normalized spacial score (nSPS) is 20.3. The van der Waals surface area contributed by atoms with Crippen LogP contribution in [-0.2, 0) is 4.74 Å². The molecule has 3 N–H and O–H groups in total. The predicted octanol–water partition coefficient (Wildman–Crippen LogP) is 7.97. The van der Waals surface area contributed by atoms with E-state index in [4.69, 9.17) is 16.3 Å². The van der Waals surface area contributed by atoms with Gasteiger partial charge in [-0.3, -0.25) is 10.2 Å². The third kappa shape index (κ3) is 7.96. The number of hydrogen-bond donors (Lipinski definition) is 3. The average molecular weight is 746 g/mol. The second-order valence-electron chi connectivity index (χ2n) is 13.8. The summed E-state index contributed by atoms with van der Waals surface area (Å²) in [6.07, 6.45) is 1.86. The van der Waals surface area contributed by atoms with E-state index in [1.807, 2.05) is 24.8 Å². The van der Waals surface area contributed by atoms with Gasteiger partial charge in [0.05, 0.1) is 20.8 Å². The number of aromatic amines is 1. The number of amides is 1. The molecule has 2 aromatic carbocycles. The molecule has 0 aliphatic carbocycles. The number of hydrogen-bond acceptors (Lipinski definition) is 9. The molecule has 1 amide bonds. The van der Waals surface area contributed by atoms with Crippen molar-refractivity contribution in [1.29, 1.82) is 5.26 Å². The van der Waals surface area contributed by atoms with Crippen molar-refractivity contribution in [2.24, 2.45) is 0 Å². The smallest absolute Gasteiger partial charge is 0.412 e. The Balaban J connectivity index is 0.000000355. The zero-order valence-corrected chi connectivity index (χ0v) is 31.2. The second-order valence-corrected chi connectivity index (χ2v) is 15.2. The van der Waals surface area contributed by atoms with Crippen molar-refractivity contribution in [2.45, 2.75) is 78.1 Å². The van der Waals surface area contributed by atoms with Gasteiger partial charge in [0.15, 0.2) is 5.82 Å². The molecule has 1 unspecified atom stereocenters. The molecule has 0 saturated carbocycles. The highest BCUT2D eigenvalue weighted by atomic mass is 35.5. The summed E-state index contributed by atoms with van der Waals surface area (Å²) in [5.41, 5.74) is -1.48. The van der Waals surface area contributed by atoms with Crippen molar-refractivity contribution in [3.8, 4) is 17.2 Å². The molecule has 0 radical (unpaired) electrons. The molecule has 10 nitrogen and oxygen atoms in total. The van der Waals surface area contributed by atoms with Crippen LogP contribution in [0, 0.1) is 23.0 Å². The van der Waals surface area contributed by atoms with Crippen molar-refractivity contribution < 1.29 is 22.7 Å². The van der Waals surface area contributed by atoms with E-state index >= 15 is 4.39 Å². The van der Waals surface area contributed by atoms with Crippen molar-refractivity contribution in [1.82, 2.24) is 20.2 Å². The Bertz CT molecular complexity index is 2040. The summed E-state index contributed by atoms with van der Waals surface area (Å²) in [5, 5.41) is 16.1. The van der Waals surface area contributed by atoms with Gasteiger partial charge in [-0.2, -0.15) is 10.2 Å². The fourth-order valence-electron chi connectivity index (χ4n) is 6.95. The maximum atomic E-state index is 16.2. The quantitative estimate of drug-likeness (QED) is 0.193. The molecule has 3 aliphatic rings. The summed E-state index contributed by atoms with van der Waals surface area (Å²) in [5.74, 6) is -1.20. The SMILES string of the molecule is CC.CC(C)(C)OC(=O)Nc1sc2c(F)ccc(-c3c(Cl)cc4c(N5CCNCC5)nc(=O)[nH]c4c3F)c2c1C#N.C[C@@]12CCCN1CC(F)C2. The third-order valence-electron chi connectivity index (χ3n) is 9.09. The Morgan fingerprint density at radius 2 is 1.92 bits per heavy atom. The van der Waals surface area contributed by atoms with Gasteiger partial charge in [-0.05, 0) is 71.2 Å². The van der Waals surface area contributed by atoms with Crippen LogP contribution in [-0.4, -0.2) is 77.5 Å². The van der Waals surface area contributed by atoms with Crippen LogP contribution < -0.4 is 21.2 Å². The van der Waals surface area contributed by atoms with E-state index in [9.17, 15) is 23.6 Å². The van der Waals surface area contributed by atoms with Crippen LogP contribution in [0.2, 0.25) is 5.02 Å². The average Bonchev–Trinajstić information content (AvgIpc) is 3.71. The molecule has 3 saturated heterocycles. The number of ether oxygens (including phenoxy) is 1. The number of benzene rings is 2. The highest BCUT2D eigenvalue weighted by Gasteiger charge is 2.44. The number of nitrogens with one attached hydrogen (secondary N) is 3. The standard InChI is InChI=1S/C26H23ClF2N6O3S.C8H14FN.C2H6/c1-26(2,3)38-25(37)34-23-14(11-30)17-12(4-5-16(28)21(17)39-23)18-15(27)10-13-20(19(18)29)32-24(36)33-22(13)35-8-6-31-7-9-35;1-8-3-2-4-10(8)6-7(9)5-8;1-2/h4-5,10,31H,6-9H2,1-3H3,(H,34,37)(H,32,33,36);7H,2-6H2,1H3;1-2H3/t;7?,8-;/m.0./s1. The van der Waals surface area contributed by atoms with Gasteiger partial charge in [0.25, 0.3) is 0 Å². The largest absolute Gasteiger partial charge is 0.444 e. The van der Waals surface area contributed by atoms with Crippen LogP contribution in [0.5, 0.6) is 0 Å². The molecule has 5 heterocycles. The van der Waals surface area contributed by atoms with Crippen molar-refractivity contribution in [3.63, 3.8) is 0 Å². The molecule has 2 aromatic heterocycles. The summed E-state index contributed by atoms with van der Waals surface area (Å²) >= 11 is 7.46. The minimum Gasteiger partial charge on any atom is -0.444 e. The van der Waals surface area contributed by atoms with Gasteiger partial charge < -0.3 is 19.9 Å². The zero-order chi connectivity index (χ0) is 37.2. The number of piperazine rings is 1. The summed E-state index contributed by atoms with van der Waals surface area (Å²) in [4.78, 5) is 35.6. The highest BCUT2D eigenvalue weighted by molar-refractivity contribution is 7.23. The first-order valence-electron chi connectivity index (χ1n) is 17.1. The Labute approximate surface area is 303 Å². The van der Waals surface area contributed by atoms with Gasteiger partial charge in [-0.15, -0.1) is 11.3 Å². The first kappa shape index (κ1) is 38.3. The van der Waals surface area contributed by atoms with Gasteiger partial charge in [0.2, 0.25) is 0 Å². The van der Waals surface area contributed by atoms with Gasteiger partial charge in [-0.1, -0.05) is 31.5 Å². The molecule has 0 bridgehead atoms. The topological polar surface area (TPSA) is 126 Å². The number of thiophene rings is 1. The Hall–Kier alpha value is -3.90. The summed E-state index contributed by atoms with van der Waals surface area (Å²) in [7, 11) is 0. The van der Waals surface area contributed by atoms with E-state index in [-0.39, 0.29) is 47.9 Å². The summed E-state index contributed by atoms with van der Waals surface area (Å²) in [6.45, 7) is 15.5. The van der Waals surface area contributed by atoms with E-state index in [1.165, 1.54) is 25.0 Å². The van der Waals surface area contributed by atoms with Gasteiger partial charge in [0.1, 0.15) is 34.5 Å². The fraction of sp³-hybridized carbons (Fsp3) is 0.500. The lowest BCUT2D eigenvalue weighted by molar-refractivity contribution is 0.0636. The molecule has 15 heteroatoms. The summed E-state index contributed by atoms with van der Waals surface area (Å²) in [6, 6.07) is 5.94. The number of carbonyl (C=O) groups excluding carboxylic acids is 1. The van der Waals surface area contributed by atoms with E-state index in [0.717, 1.165) is 30.4 Å². The Morgan fingerprint density at radius 1 is 1.22 bits per heavy atom. The van der Waals surface area contributed by atoms with Crippen LogP contribution in [0.1, 0.15) is 66.4 Å². The number of halogens is 4. The number of anilines is 2. The van der Waals surface area contributed by atoms with Gasteiger partial charge in [0, 0.05) is 54.6 Å². The number of alkyl halides is 1. The molecule has 7 rings (SSSR count). The Morgan fingerprint density at radius 3 is 2.57 bits per heavy atom. The second kappa shape index (κ2) is 15.4. The first-order chi connectivity index (χ1) is 24.2. The minimum atomic E-state index is -0.849. The number of fused-ring (bicyclic) bond motifs is 3. The van der Waals surface area contributed by atoms with Gasteiger partial charge in [-0.25, -0.2) is 22.8 Å².